The van der Waals surface area contributed by atoms with Crippen LogP contribution >= 0.6 is 11.3 Å². The molecular weight excluding hydrogens is 412 g/mol. The number of methoxy groups -OCH3 is 1. The predicted octanol–water partition coefficient (Wildman–Crippen LogP) is 3.09. The Hall–Kier alpha value is -2.71. The molecule has 0 aromatic carbocycles. The van der Waals surface area contributed by atoms with Gasteiger partial charge in [0.2, 0.25) is 11.3 Å². The number of carbonyl (C=O) groups excluding carboxylic acids is 1. The summed E-state index contributed by atoms with van der Waals surface area (Å²) in [4.78, 5) is 35.3. The van der Waals surface area contributed by atoms with Crippen molar-refractivity contribution in [3.05, 3.63) is 44.6 Å². The van der Waals surface area contributed by atoms with Gasteiger partial charge >= 0.3 is 0 Å². The van der Waals surface area contributed by atoms with Gasteiger partial charge < -0.3 is 15.0 Å². The highest BCUT2D eigenvalue weighted by molar-refractivity contribution is 7.18. The minimum absolute atomic E-state index is 0.215. The number of pyridine rings is 2. The maximum Gasteiger partial charge on any atom is 0.258 e. The largest absolute Gasteiger partial charge is 0.481 e. The van der Waals surface area contributed by atoms with E-state index in [4.69, 9.17) is 4.74 Å². The third-order valence-corrected chi connectivity index (χ3v) is 7.62. The summed E-state index contributed by atoms with van der Waals surface area (Å²) in [6, 6.07) is 3.87. The van der Waals surface area contributed by atoms with Crippen molar-refractivity contribution in [2.75, 3.05) is 27.2 Å². The lowest BCUT2D eigenvalue weighted by atomic mass is 10.1. The summed E-state index contributed by atoms with van der Waals surface area (Å²) in [5.74, 6) is 0.141. The molecule has 1 amide bonds. The Bertz CT molecular complexity index is 1260. The molecule has 3 aromatic heterocycles. The van der Waals surface area contributed by atoms with Gasteiger partial charge in [-0.25, -0.2) is 0 Å². The normalized spacial score (nSPS) is 18.6. The van der Waals surface area contributed by atoms with E-state index in [1.165, 1.54) is 22.6 Å². The minimum atomic E-state index is -0.302. The number of fused-ring (bicyclic) bond motifs is 5. The molecule has 0 radical (unpaired) electrons. The zero-order valence-corrected chi connectivity index (χ0v) is 18.6. The second kappa shape index (κ2) is 8.09. The minimum Gasteiger partial charge on any atom is -0.481 e. The van der Waals surface area contributed by atoms with Crippen molar-refractivity contribution in [3.63, 3.8) is 0 Å². The number of rotatable bonds is 5. The van der Waals surface area contributed by atoms with Crippen molar-refractivity contribution in [3.8, 4) is 5.88 Å². The molecule has 5 rings (SSSR count). The van der Waals surface area contributed by atoms with Crippen molar-refractivity contribution >= 4 is 39.2 Å². The number of aromatic nitrogens is 2. The van der Waals surface area contributed by atoms with Crippen molar-refractivity contribution in [2.24, 2.45) is 0 Å². The summed E-state index contributed by atoms with van der Waals surface area (Å²) in [6.07, 6.45) is 9.28. The predicted molar refractivity (Wildman–Crippen MR) is 123 cm³/mol. The number of nitrogens with one attached hydrogen (secondary N) is 1. The van der Waals surface area contributed by atoms with Crippen molar-refractivity contribution < 1.29 is 9.53 Å². The van der Waals surface area contributed by atoms with Crippen LogP contribution in [-0.4, -0.2) is 53.5 Å². The number of hydrogen-bond donors (Lipinski definition) is 1. The fraction of sp³-hybridized carbons (Fsp3) is 0.435. The fourth-order valence-electron chi connectivity index (χ4n) is 4.69. The smallest absolute Gasteiger partial charge is 0.258 e. The third kappa shape index (κ3) is 3.43. The summed E-state index contributed by atoms with van der Waals surface area (Å²) >= 11 is 1.52. The van der Waals surface area contributed by atoms with Crippen molar-refractivity contribution in [1.82, 2.24) is 19.6 Å². The molecule has 1 atom stereocenters. The molecule has 162 valence electrons. The van der Waals surface area contributed by atoms with E-state index in [1.807, 2.05) is 4.40 Å². The summed E-state index contributed by atoms with van der Waals surface area (Å²) in [5, 5.41) is 3.44. The van der Waals surface area contributed by atoms with Crippen LogP contribution in [0.2, 0.25) is 0 Å². The zero-order chi connectivity index (χ0) is 21.5. The van der Waals surface area contributed by atoms with Crippen LogP contribution in [-0.2, 0) is 6.42 Å². The summed E-state index contributed by atoms with van der Waals surface area (Å²) in [7, 11) is 3.68. The highest BCUT2D eigenvalue weighted by Crippen LogP contribution is 2.33. The molecule has 7 nitrogen and oxygen atoms in total. The van der Waals surface area contributed by atoms with Gasteiger partial charge in [-0.05, 0) is 57.8 Å². The molecule has 31 heavy (non-hydrogen) atoms. The quantitative estimate of drug-likeness (QED) is 0.663. The van der Waals surface area contributed by atoms with Crippen LogP contribution in [0.1, 0.15) is 46.6 Å². The Morgan fingerprint density at radius 1 is 1.39 bits per heavy atom. The maximum atomic E-state index is 13.4. The first kappa shape index (κ1) is 20.2. The monoisotopic (exact) mass is 438 g/mol. The van der Waals surface area contributed by atoms with Crippen LogP contribution in [0.15, 0.2) is 23.0 Å². The van der Waals surface area contributed by atoms with Crippen LogP contribution < -0.4 is 15.5 Å². The lowest BCUT2D eigenvalue weighted by Crippen LogP contribution is -2.34. The molecule has 0 spiro atoms. The molecule has 1 fully saturated rings. The van der Waals surface area contributed by atoms with Gasteiger partial charge in [0.25, 0.3) is 5.91 Å². The van der Waals surface area contributed by atoms with Gasteiger partial charge in [0, 0.05) is 23.5 Å². The number of allylic oxidation sites excluding steroid dienone is 1. The number of amides is 1. The molecule has 4 heterocycles. The molecule has 1 saturated heterocycles. The Morgan fingerprint density at radius 2 is 2.26 bits per heavy atom. The lowest BCUT2D eigenvalue weighted by Gasteiger charge is -2.19. The average molecular weight is 439 g/mol. The molecular formula is C23H26N4O3S. The standard InChI is InChI=1S/C23H26N4O3S/c1-26-13-5-6-14(26)11-12-24-22(29)19-20(28)15-9-10-18(30-2)25-21(15)27-16-7-3-4-8-17(16)31-23(19)27/h3,7,9-10,14H,4-6,8,11-13H2,1-2H3,(H,24,29). The summed E-state index contributed by atoms with van der Waals surface area (Å²) in [6.45, 7) is 1.67. The lowest BCUT2D eigenvalue weighted by molar-refractivity contribution is 0.0951. The molecule has 0 bridgehead atoms. The van der Waals surface area contributed by atoms with E-state index in [9.17, 15) is 9.59 Å². The zero-order valence-electron chi connectivity index (χ0n) is 17.8. The van der Waals surface area contributed by atoms with Gasteiger partial charge in [0.15, 0.2) is 5.65 Å². The van der Waals surface area contributed by atoms with Crippen LogP contribution in [0.25, 0.3) is 21.9 Å². The number of aryl methyl sites for hydroxylation is 1. The molecule has 8 heteroatoms. The van der Waals surface area contributed by atoms with E-state index in [1.54, 1.807) is 19.2 Å². The van der Waals surface area contributed by atoms with Crippen LogP contribution in [0.3, 0.4) is 0 Å². The molecule has 1 N–H and O–H groups in total. The summed E-state index contributed by atoms with van der Waals surface area (Å²) in [5.41, 5.74) is 1.47. The first-order valence-electron chi connectivity index (χ1n) is 10.8. The van der Waals surface area contributed by atoms with E-state index in [2.05, 4.69) is 34.4 Å². The van der Waals surface area contributed by atoms with Crippen LogP contribution in [0, 0.1) is 0 Å². The molecule has 1 aliphatic carbocycles. The van der Waals surface area contributed by atoms with Crippen molar-refractivity contribution in [2.45, 2.75) is 38.1 Å². The summed E-state index contributed by atoms with van der Waals surface area (Å²) < 4.78 is 7.25. The van der Waals surface area contributed by atoms with Gasteiger partial charge in [-0.1, -0.05) is 6.08 Å². The molecule has 0 saturated carbocycles. The fourth-order valence-corrected chi connectivity index (χ4v) is 5.97. The number of ether oxygens (including phenoxy) is 1. The number of hydrogen-bond acceptors (Lipinski definition) is 6. The van der Waals surface area contributed by atoms with Crippen molar-refractivity contribution in [1.29, 1.82) is 0 Å². The number of likely N-dealkylation sites (tertiary alicyclic amines) is 1. The Labute approximate surface area is 184 Å². The maximum absolute atomic E-state index is 13.4. The van der Waals surface area contributed by atoms with E-state index < -0.39 is 0 Å². The first-order chi connectivity index (χ1) is 15.1. The molecule has 1 aliphatic heterocycles. The van der Waals surface area contributed by atoms with Crippen LogP contribution in [0.5, 0.6) is 5.88 Å². The first-order valence-corrected chi connectivity index (χ1v) is 11.6. The van der Waals surface area contributed by atoms with Gasteiger partial charge in [0.1, 0.15) is 10.4 Å². The van der Waals surface area contributed by atoms with E-state index in [0.717, 1.165) is 37.9 Å². The Kier molecular flexibility index (Phi) is 5.27. The Morgan fingerprint density at radius 3 is 3.03 bits per heavy atom. The van der Waals surface area contributed by atoms with Gasteiger partial charge in [0.05, 0.1) is 18.2 Å². The van der Waals surface area contributed by atoms with E-state index in [0.29, 0.717) is 34.3 Å². The highest BCUT2D eigenvalue weighted by Gasteiger charge is 2.26. The number of thiazole rings is 1. The van der Waals surface area contributed by atoms with E-state index >= 15 is 0 Å². The number of nitrogens with zero attached hydrogens (tertiary/aromatic N) is 3. The van der Waals surface area contributed by atoms with Crippen LogP contribution in [0.4, 0.5) is 0 Å². The second-order valence-electron chi connectivity index (χ2n) is 8.24. The highest BCUT2D eigenvalue weighted by atomic mass is 32.1. The SMILES string of the molecule is COc1ccc2c(=O)c(C(=O)NCCC3CCCN3C)c3sc4c(n3c2n1)C=CCC4. The van der Waals surface area contributed by atoms with Gasteiger partial charge in [-0.2, -0.15) is 4.98 Å². The average Bonchev–Trinajstić information content (AvgIpc) is 3.36. The Balaban J connectivity index is 1.59. The molecule has 3 aromatic rings. The number of carbonyl (C=O) groups is 1. The van der Waals surface area contributed by atoms with Gasteiger partial charge in [-0.3, -0.25) is 14.0 Å². The second-order valence-corrected chi connectivity index (χ2v) is 9.33. The van der Waals surface area contributed by atoms with E-state index in [-0.39, 0.29) is 16.9 Å². The third-order valence-electron chi connectivity index (χ3n) is 6.38. The molecule has 1 unspecified atom stereocenters. The topological polar surface area (TPSA) is 75.9 Å². The molecule has 2 aliphatic rings. The van der Waals surface area contributed by atoms with Gasteiger partial charge in [-0.15, -0.1) is 11.3 Å².